The molecular formula is C19H18O. The van der Waals surface area contributed by atoms with E-state index in [0.717, 1.165) is 22.9 Å². The van der Waals surface area contributed by atoms with Gasteiger partial charge in [-0.1, -0.05) is 67.6 Å². The van der Waals surface area contributed by atoms with E-state index < -0.39 is 6.10 Å². The summed E-state index contributed by atoms with van der Waals surface area (Å²) >= 11 is 0. The molecule has 100 valence electrons. The molecule has 3 aromatic rings. The predicted molar refractivity (Wildman–Crippen MR) is 83.8 cm³/mol. The molecule has 0 radical (unpaired) electrons. The van der Waals surface area contributed by atoms with Crippen molar-refractivity contribution in [2.45, 2.75) is 19.4 Å². The Kier molecular flexibility index (Phi) is 3.53. The molecule has 0 saturated heterocycles. The zero-order valence-corrected chi connectivity index (χ0v) is 11.6. The van der Waals surface area contributed by atoms with Gasteiger partial charge < -0.3 is 5.11 Å². The molecule has 0 aliphatic heterocycles. The SMILES string of the molecule is CCc1cccc(C(O)c2ccc3ccccc3c2)c1. The third kappa shape index (κ3) is 2.45. The van der Waals surface area contributed by atoms with Crippen molar-refractivity contribution in [3.8, 4) is 0 Å². The molecule has 0 fully saturated rings. The number of benzene rings is 3. The van der Waals surface area contributed by atoms with Gasteiger partial charge >= 0.3 is 0 Å². The third-order valence-corrected chi connectivity index (χ3v) is 3.76. The van der Waals surface area contributed by atoms with E-state index in [0.29, 0.717) is 0 Å². The van der Waals surface area contributed by atoms with Gasteiger partial charge in [0.15, 0.2) is 0 Å². The Morgan fingerprint density at radius 3 is 2.35 bits per heavy atom. The average molecular weight is 262 g/mol. The van der Waals surface area contributed by atoms with E-state index in [1.165, 1.54) is 10.9 Å². The highest BCUT2D eigenvalue weighted by molar-refractivity contribution is 5.83. The predicted octanol–water partition coefficient (Wildman–Crippen LogP) is 4.48. The summed E-state index contributed by atoms with van der Waals surface area (Å²) < 4.78 is 0. The number of hydrogen-bond acceptors (Lipinski definition) is 1. The van der Waals surface area contributed by atoms with Crippen molar-refractivity contribution in [2.24, 2.45) is 0 Å². The minimum atomic E-state index is -0.564. The molecule has 1 atom stereocenters. The number of aryl methyl sites for hydroxylation is 1. The van der Waals surface area contributed by atoms with Gasteiger partial charge in [-0.3, -0.25) is 0 Å². The van der Waals surface area contributed by atoms with Crippen molar-refractivity contribution in [3.05, 3.63) is 83.4 Å². The third-order valence-electron chi connectivity index (χ3n) is 3.76. The lowest BCUT2D eigenvalue weighted by Gasteiger charge is -2.13. The molecule has 0 aliphatic carbocycles. The molecule has 0 aromatic heterocycles. The van der Waals surface area contributed by atoms with E-state index in [1.54, 1.807) is 0 Å². The first-order valence-electron chi connectivity index (χ1n) is 7.03. The van der Waals surface area contributed by atoms with Crippen LogP contribution in [-0.2, 0) is 6.42 Å². The van der Waals surface area contributed by atoms with Crippen LogP contribution in [0.15, 0.2) is 66.7 Å². The van der Waals surface area contributed by atoms with Gasteiger partial charge in [-0.05, 0) is 39.9 Å². The van der Waals surface area contributed by atoms with Crippen LogP contribution in [0.25, 0.3) is 10.8 Å². The second-order valence-corrected chi connectivity index (χ2v) is 5.11. The van der Waals surface area contributed by atoms with Crippen molar-refractivity contribution in [1.82, 2.24) is 0 Å². The first-order chi connectivity index (χ1) is 9.78. The van der Waals surface area contributed by atoms with Gasteiger partial charge in [0.2, 0.25) is 0 Å². The molecule has 0 heterocycles. The van der Waals surface area contributed by atoms with Crippen molar-refractivity contribution in [1.29, 1.82) is 0 Å². The molecule has 0 amide bonds. The summed E-state index contributed by atoms with van der Waals surface area (Å²) in [6.45, 7) is 2.13. The quantitative estimate of drug-likeness (QED) is 0.737. The fourth-order valence-corrected chi connectivity index (χ4v) is 2.55. The van der Waals surface area contributed by atoms with Gasteiger partial charge in [0, 0.05) is 0 Å². The van der Waals surface area contributed by atoms with Gasteiger partial charge in [0.1, 0.15) is 6.10 Å². The van der Waals surface area contributed by atoms with E-state index >= 15 is 0 Å². The van der Waals surface area contributed by atoms with Crippen molar-refractivity contribution < 1.29 is 5.11 Å². The Morgan fingerprint density at radius 1 is 0.800 bits per heavy atom. The molecule has 1 N–H and O–H groups in total. The maximum absolute atomic E-state index is 10.6. The van der Waals surface area contributed by atoms with Crippen molar-refractivity contribution in [3.63, 3.8) is 0 Å². The number of hydrogen-bond donors (Lipinski definition) is 1. The Labute approximate surface area is 119 Å². The molecule has 0 bridgehead atoms. The molecule has 0 saturated carbocycles. The molecule has 0 spiro atoms. The first kappa shape index (κ1) is 12.9. The minimum absolute atomic E-state index is 0.564. The maximum atomic E-state index is 10.6. The average Bonchev–Trinajstić information content (AvgIpc) is 2.53. The zero-order valence-electron chi connectivity index (χ0n) is 11.6. The van der Waals surface area contributed by atoms with Crippen LogP contribution >= 0.6 is 0 Å². The fourth-order valence-electron chi connectivity index (χ4n) is 2.55. The summed E-state index contributed by atoms with van der Waals surface area (Å²) in [7, 11) is 0. The van der Waals surface area contributed by atoms with Crippen LogP contribution in [0.1, 0.15) is 29.7 Å². The first-order valence-corrected chi connectivity index (χ1v) is 7.03. The second kappa shape index (κ2) is 5.48. The highest BCUT2D eigenvalue weighted by Crippen LogP contribution is 2.26. The van der Waals surface area contributed by atoms with Crippen LogP contribution in [0.4, 0.5) is 0 Å². The van der Waals surface area contributed by atoms with E-state index in [9.17, 15) is 5.11 Å². The molecule has 1 unspecified atom stereocenters. The topological polar surface area (TPSA) is 20.2 Å². The summed E-state index contributed by atoms with van der Waals surface area (Å²) in [5, 5.41) is 12.9. The summed E-state index contributed by atoms with van der Waals surface area (Å²) in [4.78, 5) is 0. The number of aliphatic hydroxyl groups excluding tert-OH is 1. The zero-order chi connectivity index (χ0) is 13.9. The molecule has 3 aromatic carbocycles. The van der Waals surface area contributed by atoms with Gasteiger partial charge in [-0.25, -0.2) is 0 Å². The summed E-state index contributed by atoms with van der Waals surface area (Å²) in [5.74, 6) is 0. The number of aliphatic hydroxyl groups is 1. The Hall–Kier alpha value is -2.12. The smallest absolute Gasteiger partial charge is 0.104 e. The van der Waals surface area contributed by atoms with E-state index in [-0.39, 0.29) is 0 Å². The largest absolute Gasteiger partial charge is 0.384 e. The molecule has 3 rings (SSSR count). The summed E-state index contributed by atoms with van der Waals surface area (Å²) in [6, 6.07) is 22.5. The van der Waals surface area contributed by atoms with E-state index in [4.69, 9.17) is 0 Å². The van der Waals surface area contributed by atoms with Crippen LogP contribution in [0, 0.1) is 0 Å². The summed E-state index contributed by atoms with van der Waals surface area (Å²) in [6.07, 6.45) is 0.421. The fraction of sp³-hybridized carbons (Fsp3) is 0.158. The Balaban J connectivity index is 2.00. The Bertz CT molecular complexity index is 730. The van der Waals surface area contributed by atoms with Gasteiger partial charge in [0.25, 0.3) is 0 Å². The lowest BCUT2D eigenvalue weighted by molar-refractivity contribution is 0.220. The standard InChI is InChI=1S/C19H18O/c1-2-14-6-5-9-17(12-14)19(20)18-11-10-15-7-3-4-8-16(15)13-18/h3-13,19-20H,2H2,1H3. The molecule has 1 nitrogen and oxygen atoms in total. The number of rotatable bonds is 3. The van der Waals surface area contributed by atoms with Crippen LogP contribution in [0.5, 0.6) is 0 Å². The normalized spacial score (nSPS) is 12.5. The van der Waals surface area contributed by atoms with Crippen LogP contribution in [0.3, 0.4) is 0 Å². The van der Waals surface area contributed by atoms with Gasteiger partial charge in [0.05, 0.1) is 0 Å². The molecule has 20 heavy (non-hydrogen) atoms. The maximum Gasteiger partial charge on any atom is 0.104 e. The highest BCUT2D eigenvalue weighted by atomic mass is 16.3. The lowest BCUT2D eigenvalue weighted by Crippen LogP contribution is -2.00. The molecule has 1 heteroatoms. The van der Waals surface area contributed by atoms with Crippen molar-refractivity contribution in [2.75, 3.05) is 0 Å². The highest BCUT2D eigenvalue weighted by Gasteiger charge is 2.11. The van der Waals surface area contributed by atoms with Crippen LogP contribution < -0.4 is 0 Å². The Morgan fingerprint density at radius 2 is 1.55 bits per heavy atom. The lowest BCUT2D eigenvalue weighted by atomic mass is 9.97. The van der Waals surface area contributed by atoms with Gasteiger partial charge in [-0.2, -0.15) is 0 Å². The number of fused-ring (bicyclic) bond motifs is 1. The van der Waals surface area contributed by atoms with Gasteiger partial charge in [-0.15, -0.1) is 0 Å². The van der Waals surface area contributed by atoms with Crippen molar-refractivity contribution >= 4 is 10.8 Å². The van der Waals surface area contributed by atoms with E-state index in [1.807, 2.05) is 30.3 Å². The summed E-state index contributed by atoms with van der Waals surface area (Å²) in [5.41, 5.74) is 3.15. The monoisotopic (exact) mass is 262 g/mol. The second-order valence-electron chi connectivity index (χ2n) is 5.11. The molecule has 0 aliphatic rings. The van der Waals surface area contributed by atoms with E-state index in [2.05, 4.69) is 43.3 Å². The molecular weight excluding hydrogens is 244 g/mol. The van der Waals surface area contributed by atoms with Crippen LogP contribution in [0.2, 0.25) is 0 Å². The van der Waals surface area contributed by atoms with Crippen LogP contribution in [-0.4, -0.2) is 5.11 Å². The minimum Gasteiger partial charge on any atom is -0.384 e.